The molecule has 3 rings (SSSR count). The van der Waals surface area contributed by atoms with Gasteiger partial charge in [0, 0.05) is 23.7 Å². The number of carbonyl (C=O) groups is 1. The summed E-state index contributed by atoms with van der Waals surface area (Å²) >= 11 is 1.69. The van der Waals surface area contributed by atoms with Gasteiger partial charge in [0.2, 0.25) is 5.91 Å². The van der Waals surface area contributed by atoms with E-state index in [2.05, 4.69) is 47.5 Å². The summed E-state index contributed by atoms with van der Waals surface area (Å²) in [5.41, 5.74) is 3.50. The molecule has 3 nitrogen and oxygen atoms in total. The first kappa shape index (κ1) is 18.0. The molecule has 4 heteroatoms. The normalized spacial score (nSPS) is 18.1. The van der Waals surface area contributed by atoms with Gasteiger partial charge in [-0.2, -0.15) is 0 Å². The topological polar surface area (TPSA) is 32.3 Å². The highest BCUT2D eigenvalue weighted by Gasteiger charge is 2.25. The zero-order valence-corrected chi connectivity index (χ0v) is 15.8. The molecule has 1 N–H and O–H groups in total. The second kappa shape index (κ2) is 8.54. The van der Waals surface area contributed by atoms with Crippen molar-refractivity contribution in [3.05, 3.63) is 59.7 Å². The van der Waals surface area contributed by atoms with Gasteiger partial charge in [0.05, 0.1) is 5.92 Å². The lowest BCUT2D eigenvalue weighted by atomic mass is 9.96. The van der Waals surface area contributed by atoms with Crippen LogP contribution < -0.4 is 5.32 Å². The number of amides is 1. The number of piperidine rings is 1. The number of nitrogens with one attached hydrogen (secondary N) is 1. The number of carbonyl (C=O) groups excluding carboxylic acids is 1. The Labute approximate surface area is 154 Å². The molecule has 0 radical (unpaired) electrons. The van der Waals surface area contributed by atoms with Crippen molar-refractivity contribution in [2.75, 3.05) is 24.7 Å². The van der Waals surface area contributed by atoms with Crippen molar-refractivity contribution in [3.8, 4) is 0 Å². The monoisotopic (exact) mass is 354 g/mol. The van der Waals surface area contributed by atoms with E-state index in [9.17, 15) is 4.79 Å². The van der Waals surface area contributed by atoms with Crippen LogP contribution in [0.15, 0.2) is 53.4 Å². The van der Waals surface area contributed by atoms with Gasteiger partial charge in [-0.15, -0.1) is 11.8 Å². The summed E-state index contributed by atoms with van der Waals surface area (Å²) in [5, 5.41) is 3.10. The predicted molar refractivity (Wildman–Crippen MR) is 106 cm³/mol. The van der Waals surface area contributed by atoms with Crippen LogP contribution in [0.4, 0.5) is 5.69 Å². The second-order valence-corrected chi connectivity index (χ2v) is 7.66. The van der Waals surface area contributed by atoms with E-state index in [-0.39, 0.29) is 11.8 Å². The molecule has 1 atom stereocenters. The minimum absolute atomic E-state index is 0.0668. The number of anilines is 1. The lowest BCUT2D eigenvalue weighted by Gasteiger charge is -2.32. The molecule has 1 aliphatic heterocycles. The average molecular weight is 355 g/mol. The molecule has 1 fully saturated rings. The summed E-state index contributed by atoms with van der Waals surface area (Å²) in [6.45, 7) is 4.94. The van der Waals surface area contributed by atoms with E-state index in [4.69, 9.17) is 0 Å². The van der Waals surface area contributed by atoms with Crippen molar-refractivity contribution < 1.29 is 4.79 Å². The zero-order valence-electron chi connectivity index (χ0n) is 15.0. The summed E-state index contributed by atoms with van der Waals surface area (Å²) in [7, 11) is 0. The minimum Gasteiger partial charge on any atom is -0.326 e. The van der Waals surface area contributed by atoms with Crippen LogP contribution in [0.25, 0.3) is 0 Å². The molecular weight excluding hydrogens is 328 g/mol. The quantitative estimate of drug-likeness (QED) is 0.799. The van der Waals surface area contributed by atoms with Gasteiger partial charge in [-0.1, -0.05) is 35.9 Å². The van der Waals surface area contributed by atoms with E-state index in [0.717, 1.165) is 38.2 Å². The van der Waals surface area contributed by atoms with Gasteiger partial charge in [-0.3, -0.25) is 9.69 Å². The predicted octanol–water partition coefficient (Wildman–Crippen LogP) is 4.57. The average Bonchev–Trinajstić information content (AvgIpc) is 2.64. The first-order chi connectivity index (χ1) is 12.1. The summed E-state index contributed by atoms with van der Waals surface area (Å²) in [6, 6.07) is 16.7. The Balaban J connectivity index is 1.58. The fourth-order valence-electron chi connectivity index (χ4n) is 3.31. The van der Waals surface area contributed by atoms with Crippen LogP contribution in [0, 0.1) is 12.8 Å². The molecule has 1 heterocycles. The fourth-order valence-corrected chi connectivity index (χ4v) is 3.77. The Kier molecular flexibility index (Phi) is 6.16. The van der Waals surface area contributed by atoms with Gasteiger partial charge in [-0.05, 0) is 56.3 Å². The largest absolute Gasteiger partial charge is 0.326 e. The molecule has 1 unspecified atom stereocenters. The number of benzene rings is 2. The van der Waals surface area contributed by atoms with E-state index in [1.54, 1.807) is 11.8 Å². The van der Waals surface area contributed by atoms with Crippen molar-refractivity contribution in [1.82, 2.24) is 4.90 Å². The maximum atomic E-state index is 12.7. The highest BCUT2D eigenvalue weighted by Crippen LogP contribution is 2.23. The van der Waals surface area contributed by atoms with E-state index in [1.165, 1.54) is 16.0 Å². The molecule has 0 bridgehead atoms. The highest BCUT2D eigenvalue weighted by molar-refractivity contribution is 7.98. The first-order valence-electron chi connectivity index (χ1n) is 8.87. The Morgan fingerprint density at radius 1 is 1.24 bits per heavy atom. The zero-order chi connectivity index (χ0) is 17.6. The Morgan fingerprint density at radius 3 is 2.80 bits per heavy atom. The van der Waals surface area contributed by atoms with Gasteiger partial charge in [0.15, 0.2) is 0 Å². The van der Waals surface area contributed by atoms with Crippen LogP contribution in [0.5, 0.6) is 0 Å². The molecule has 0 aliphatic carbocycles. The maximum Gasteiger partial charge on any atom is 0.228 e. The van der Waals surface area contributed by atoms with Crippen molar-refractivity contribution in [3.63, 3.8) is 0 Å². The molecule has 0 saturated carbocycles. The number of aryl methyl sites for hydroxylation is 1. The maximum absolute atomic E-state index is 12.7. The van der Waals surface area contributed by atoms with E-state index >= 15 is 0 Å². The second-order valence-electron chi connectivity index (χ2n) is 6.78. The number of hydrogen-bond acceptors (Lipinski definition) is 3. The van der Waals surface area contributed by atoms with Crippen molar-refractivity contribution in [2.45, 2.75) is 31.2 Å². The third kappa shape index (κ3) is 5.10. The van der Waals surface area contributed by atoms with E-state index in [0.29, 0.717) is 0 Å². The van der Waals surface area contributed by atoms with Crippen molar-refractivity contribution >= 4 is 23.4 Å². The summed E-state index contributed by atoms with van der Waals surface area (Å²) < 4.78 is 0. The van der Waals surface area contributed by atoms with Crippen LogP contribution in [0.3, 0.4) is 0 Å². The fraction of sp³-hybridized carbons (Fsp3) is 0.381. The van der Waals surface area contributed by atoms with Gasteiger partial charge in [0.25, 0.3) is 0 Å². The number of nitrogens with zero attached hydrogens (tertiary/aromatic N) is 1. The van der Waals surface area contributed by atoms with Gasteiger partial charge in [0.1, 0.15) is 0 Å². The Hall–Kier alpha value is -1.78. The molecule has 132 valence electrons. The van der Waals surface area contributed by atoms with E-state index < -0.39 is 0 Å². The Bertz CT molecular complexity index is 714. The molecule has 1 amide bonds. The number of rotatable bonds is 5. The summed E-state index contributed by atoms with van der Waals surface area (Å²) in [6.07, 6.45) is 4.10. The smallest absolute Gasteiger partial charge is 0.228 e. The molecule has 2 aromatic rings. The third-order valence-corrected chi connectivity index (χ3v) is 5.47. The minimum atomic E-state index is 0.0668. The number of thioether (sulfide) groups is 1. The molecule has 0 spiro atoms. The molecule has 25 heavy (non-hydrogen) atoms. The van der Waals surface area contributed by atoms with Crippen LogP contribution in [0.2, 0.25) is 0 Å². The SMILES string of the molecule is CSc1cccc(NC(=O)C2CCCN(Cc3ccc(C)cc3)C2)c1. The summed E-state index contributed by atoms with van der Waals surface area (Å²) in [4.78, 5) is 16.2. The Morgan fingerprint density at radius 2 is 2.04 bits per heavy atom. The number of likely N-dealkylation sites (tertiary alicyclic amines) is 1. The van der Waals surface area contributed by atoms with Crippen molar-refractivity contribution in [2.24, 2.45) is 5.92 Å². The van der Waals surface area contributed by atoms with Crippen LogP contribution >= 0.6 is 11.8 Å². The van der Waals surface area contributed by atoms with Gasteiger partial charge in [-0.25, -0.2) is 0 Å². The number of hydrogen-bond donors (Lipinski definition) is 1. The van der Waals surface area contributed by atoms with E-state index in [1.807, 2.05) is 24.5 Å². The standard InChI is InChI=1S/C21H26N2OS/c1-16-8-10-17(11-9-16)14-23-12-4-5-18(15-23)21(24)22-19-6-3-7-20(13-19)25-2/h3,6-11,13,18H,4-5,12,14-15H2,1-2H3,(H,22,24). The van der Waals surface area contributed by atoms with Crippen molar-refractivity contribution in [1.29, 1.82) is 0 Å². The molecule has 2 aromatic carbocycles. The third-order valence-electron chi connectivity index (χ3n) is 4.74. The highest BCUT2D eigenvalue weighted by atomic mass is 32.2. The lowest BCUT2D eigenvalue weighted by molar-refractivity contribution is -0.121. The molecule has 1 aliphatic rings. The first-order valence-corrected chi connectivity index (χ1v) is 10.1. The summed E-state index contributed by atoms with van der Waals surface area (Å²) in [5.74, 6) is 0.212. The van der Waals surface area contributed by atoms with Gasteiger partial charge >= 0.3 is 0 Å². The van der Waals surface area contributed by atoms with Crippen LogP contribution in [0.1, 0.15) is 24.0 Å². The lowest BCUT2D eigenvalue weighted by Crippen LogP contribution is -2.40. The van der Waals surface area contributed by atoms with Gasteiger partial charge < -0.3 is 5.32 Å². The van der Waals surface area contributed by atoms with Crippen LogP contribution in [-0.2, 0) is 11.3 Å². The van der Waals surface area contributed by atoms with Crippen LogP contribution in [-0.4, -0.2) is 30.2 Å². The molecule has 0 aromatic heterocycles. The molecular formula is C21H26N2OS. The molecule has 1 saturated heterocycles.